The van der Waals surface area contributed by atoms with Crippen LogP contribution in [0.2, 0.25) is 0 Å². The Kier molecular flexibility index (Phi) is 13.0. The van der Waals surface area contributed by atoms with Gasteiger partial charge in [0, 0.05) is 25.7 Å². The van der Waals surface area contributed by atoms with Crippen LogP contribution >= 0.6 is 0 Å². The summed E-state index contributed by atoms with van der Waals surface area (Å²) in [6.45, 7) is 1.75. The van der Waals surface area contributed by atoms with E-state index in [2.05, 4.69) is 31.3 Å². The fourth-order valence-electron chi connectivity index (χ4n) is 3.01. The Hall–Kier alpha value is -3.63. The molecule has 0 saturated heterocycles. The molecule has 0 aliphatic carbocycles. The minimum absolute atomic E-state index is 0.0834. The zero-order valence-electron chi connectivity index (χ0n) is 19.7. The van der Waals surface area contributed by atoms with Crippen molar-refractivity contribution in [3.63, 3.8) is 0 Å². The molecule has 0 bridgehead atoms. The molecule has 16 nitrogen and oxygen atoms in total. The van der Waals surface area contributed by atoms with Crippen LogP contribution in [0.4, 0.5) is 0 Å². The first-order valence-corrected chi connectivity index (χ1v) is 12.9. The number of aryl methyl sites for hydroxylation is 1. The number of hydrogen-bond donors (Lipinski definition) is 6. The van der Waals surface area contributed by atoms with Crippen molar-refractivity contribution in [2.75, 3.05) is 5.75 Å². The highest BCUT2D eigenvalue weighted by atomic mass is 32.2. The van der Waals surface area contributed by atoms with E-state index in [1.54, 1.807) is 6.92 Å². The van der Waals surface area contributed by atoms with Gasteiger partial charge in [0.25, 0.3) is 0 Å². The molecule has 2 atom stereocenters. The van der Waals surface area contributed by atoms with Crippen LogP contribution in [0.5, 0.6) is 0 Å². The third-order valence-electron chi connectivity index (χ3n) is 4.80. The Morgan fingerprint density at radius 3 is 2.03 bits per heavy atom. The monoisotopic (exact) mass is 533 g/mol. The van der Waals surface area contributed by atoms with Gasteiger partial charge in [-0.2, -0.15) is 0 Å². The van der Waals surface area contributed by atoms with Crippen LogP contribution < -0.4 is 15.4 Å². The average Bonchev–Trinajstić information content (AvgIpc) is 3.29. The lowest BCUT2D eigenvalue weighted by Crippen LogP contribution is -2.44. The molecule has 0 aromatic carbocycles. The Morgan fingerprint density at radius 2 is 1.47 bits per heavy atom. The van der Waals surface area contributed by atoms with E-state index >= 15 is 0 Å². The lowest BCUT2D eigenvalue weighted by Gasteiger charge is -2.16. The summed E-state index contributed by atoms with van der Waals surface area (Å²) in [5.74, 6) is -4.83. The van der Waals surface area contributed by atoms with Gasteiger partial charge in [-0.25, -0.2) is 23.1 Å². The van der Waals surface area contributed by atoms with Gasteiger partial charge in [-0.3, -0.25) is 19.1 Å². The molecule has 1 rings (SSSR count). The van der Waals surface area contributed by atoms with E-state index < -0.39 is 57.5 Å². The first kappa shape index (κ1) is 30.4. The first-order chi connectivity index (χ1) is 16.9. The maximum Gasteiger partial charge on any atom is 0.326 e. The number of carbonyl (C=O) groups is 5. The third kappa shape index (κ3) is 12.7. The highest BCUT2D eigenvalue weighted by Crippen LogP contribution is 2.04. The molecular formula is C19H31N7O9S. The van der Waals surface area contributed by atoms with E-state index in [4.69, 9.17) is 5.11 Å². The number of rotatable bonds is 18. The summed E-state index contributed by atoms with van der Waals surface area (Å²) in [5.41, 5.74) is 0. The van der Waals surface area contributed by atoms with E-state index in [-0.39, 0.29) is 38.5 Å². The maximum absolute atomic E-state index is 12.1. The molecular weight excluding hydrogens is 502 g/mol. The van der Waals surface area contributed by atoms with E-state index in [1.165, 1.54) is 0 Å². The Balaban J connectivity index is 2.38. The molecule has 3 amide bonds. The van der Waals surface area contributed by atoms with Crippen molar-refractivity contribution in [3.8, 4) is 0 Å². The number of tetrazole rings is 1. The Labute approximate surface area is 207 Å². The van der Waals surface area contributed by atoms with Crippen molar-refractivity contribution in [2.24, 2.45) is 0 Å². The molecule has 1 heterocycles. The van der Waals surface area contributed by atoms with Gasteiger partial charge in [-0.05, 0) is 36.1 Å². The van der Waals surface area contributed by atoms with Crippen LogP contribution in [0, 0.1) is 0 Å². The molecule has 17 heteroatoms. The summed E-state index contributed by atoms with van der Waals surface area (Å²) in [6, 6.07) is -2.51. The summed E-state index contributed by atoms with van der Waals surface area (Å²) < 4.78 is 25.9. The van der Waals surface area contributed by atoms with Crippen LogP contribution in [0.3, 0.4) is 0 Å². The lowest BCUT2D eigenvalue weighted by molar-refractivity contribution is -0.143. The lowest BCUT2D eigenvalue weighted by atomic mass is 10.1. The van der Waals surface area contributed by atoms with Gasteiger partial charge in [-0.15, -0.1) is 5.10 Å². The number of hydrogen-bond acceptors (Lipinski definition) is 10. The normalized spacial score (nSPS) is 12.8. The Bertz CT molecular complexity index is 999. The molecule has 1 aromatic heterocycles. The molecule has 0 spiro atoms. The number of aromatic nitrogens is 4. The second-order valence-electron chi connectivity index (χ2n) is 7.89. The molecule has 6 N–H and O–H groups in total. The summed E-state index contributed by atoms with van der Waals surface area (Å²) in [6.07, 6.45) is 0.179. The third-order valence-corrected chi connectivity index (χ3v) is 6.16. The standard InChI is InChI=1S/C19H31N7O9S/c1-2-5-12(18(30)31)20-16(28)10-9-13(19(32)33)21-15(27)8-4-11-36(34,35)24-17(29)7-3-6-14-22-25-26-23-14/h12-13H,2-11H2,1H3,(H,20,28)(H,21,27)(H,24,29)(H,30,31)(H,32,33)(H,22,23,25,26). The zero-order valence-corrected chi connectivity index (χ0v) is 20.5. The van der Waals surface area contributed by atoms with Gasteiger partial charge in [0.15, 0.2) is 0 Å². The maximum atomic E-state index is 12.1. The van der Waals surface area contributed by atoms with Crippen LogP contribution in [0.1, 0.15) is 64.1 Å². The molecule has 0 saturated carbocycles. The van der Waals surface area contributed by atoms with Crippen molar-refractivity contribution in [2.45, 2.75) is 76.8 Å². The van der Waals surface area contributed by atoms with Crippen LogP contribution in [0.25, 0.3) is 0 Å². The molecule has 0 fully saturated rings. The molecule has 202 valence electrons. The second-order valence-corrected chi connectivity index (χ2v) is 9.74. The minimum atomic E-state index is -4.00. The number of nitrogens with zero attached hydrogens (tertiary/aromatic N) is 3. The zero-order chi connectivity index (χ0) is 27.1. The van der Waals surface area contributed by atoms with Crippen molar-refractivity contribution in [1.82, 2.24) is 36.0 Å². The molecule has 2 unspecified atom stereocenters. The number of carbonyl (C=O) groups excluding carboxylic acids is 3. The fourth-order valence-corrected chi connectivity index (χ4v) is 4.09. The van der Waals surface area contributed by atoms with Crippen molar-refractivity contribution in [1.29, 1.82) is 0 Å². The smallest absolute Gasteiger partial charge is 0.326 e. The SMILES string of the molecule is CCCC(NC(=O)CCC(NC(=O)CCCS(=O)(=O)NC(=O)CCCc1nnn[nH]1)C(=O)O)C(=O)O. The van der Waals surface area contributed by atoms with Crippen molar-refractivity contribution in [3.05, 3.63) is 5.82 Å². The Morgan fingerprint density at radius 1 is 0.889 bits per heavy atom. The second kappa shape index (κ2) is 15.4. The largest absolute Gasteiger partial charge is 0.480 e. The van der Waals surface area contributed by atoms with Crippen LogP contribution in [0.15, 0.2) is 0 Å². The van der Waals surface area contributed by atoms with Gasteiger partial charge in [0.2, 0.25) is 27.7 Å². The summed E-state index contributed by atoms with van der Waals surface area (Å²) in [4.78, 5) is 58.3. The summed E-state index contributed by atoms with van der Waals surface area (Å²) in [5, 5.41) is 35.7. The molecule has 1 aromatic rings. The first-order valence-electron chi connectivity index (χ1n) is 11.2. The van der Waals surface area contributed by atoms with E-state index in [0.29, 0.717) is 25.1 Å². The molecule has 0 aliphatic heterocycles. The molecule has 36 heavy (non-hydrogen) atoms. The number of amides is 3. The van der Waals surface area contributed by atoms with Crippen LogP contribution in [-0.2, 0) is 40.4 Å². The summed E-state index contributed by atoms with van der Waals surface area (Å²) >= 11 is 0. The van der Waals surface area contributed by atoms with Crippen molar-refractivity contribution >= 4 is 39.7 Å². The van der Waals surface area contributed by atoms with Crippen molar-refractivity contribution < 1.29 is 42.6 Å². The highest BCUT2D eigenvalue weighted by Gasteiger charge is 2.24. The number of nitrogens with one attached hydrogen (secondary N) is 4. The topological polar surface area (TPSA) is 250 Å². The fraction of sp³-hybridized carbons (Fsp3) is 0.684. The summed E-state index contributed by atoms with van der Waals surface area (Å²) in [7, 11) is -4.00. The number of aromatic amines is 1. The highest BCUT2D eigenvalue weighted by molar-refractivity contribution is 7.90. The predicted octanol–water partition coefficient (Wildman–Crippen LogP) is -1.53. The van der Waals surface area contributed by atoms with E-state index in [9.17, 15) is 37.5 Å². The van der Waals surface area contributed by atoms with E-state index in [1.807, 2.05) is 4.72 Å². The van der Waals surface area contributed by atoms with Gasteiger partial charge in [-0.1, -0.05) is 13.3 Å². The predicted molar refractivity (Wildman–Crippen MR) is 122 cm³/mol. The molecule has 0 aliphatic rings. The quantitative estimate of drug-likeness (QED) is 0.126. The van der Waals surface area contributed by atoms with Gasteiger partial charge in [0.1, 0.15) is 17.9 Å². The number of carboxylic acid groups (broad SMARTS) is 2. The minimum Gasteiger partial charge on any atom is -0.480 e. The number of sulfonamides is 1. The van der Waals surface area contributed by atoms with E-state index in [0.717, 1.165) is 0 Å². The van der Waals surface area contributed by atoms with Crippen LogP contribution in [-0.4, -0.2) is 86.8 Å². The van der Waals surface area contributed by atoms with Gasteiger partial charge >= 0.3 is 11.9 Å². The number of H-pyrrole nitrogens is 1. The average molecular weight is 534 g/mol. The number of carboxylic acids is 2. The number of aliphatic carboxylic acids is 2. The molecule has 0 radical (unpaired) electrons. The van der Waals surface area contributed by atoms with Gasteiger partial charge < -0.3 is 20.8 Å². The van der Waals surface area contributed by atoms with Gasteiger partial charge in [0.05, 0.1) is 5.75 Å².